The van der Waals surface area contributed by atoms with Crippen LogP contribution < -0.4 is 5.32 Å². The third-order valence-corrected chi connectivity index (χ3v) is 5.96. The summed E-state index contributed by atoms with van der Waals surface area (Å²) in [5.41, 5.74) is 0. The van der Waals surface area contributed by atoms with Gasteiger partial charge in [-0.25, -0.2) is 4.79 Å². The second-order valence-corrected chi connectivity index (χ2v) is 7.85. The quantitative estimate of drug-likeness (QED) is 0.738. The number of piperidine rings is 1. The van der Waals surface area contributed by atoms with E-state index in [0.717, 1.165) is 25.9 Å². The molecule has 2 heterocycles. The first-order valence-corrected chi connectivity index (χ1v) is 9.95. The van der Waals surface area contributed by atoms with Gasteiger partial charge in [-0.2, -0.15) is 0 Å². The Morgan fingerprint density at radius 3 is 2.36 bits per heavy atom. The van der Waals surface area contributed by atoms with E-state index in [1.54, 1.807) is 4.90 Å². The number of amides is 2. The predicted octanol–water partition coefficient (Wildman–Crippen LogP) is 2.64. The molecule has 0 bridgehead atoms. The van der Waals surface area contributed by atoms with Crippen LogP contribution in [0.1, 0.15) is 52.9 Å². The van der Waals surface area contributed by atoms with Gasteiger partial charge in [0.2, 0.25) is 0 Å². The fraction of sp³-hybridized carbons (Fsp3) is 0.895. The van der Waals surface area contributed by atoms with E-state index in [1.807, 2.05) is 6.92 Å². The van der Waals surface area contributed by atoms with Crippen molar-refractivity contribution < 1.29 is 14.7 Å². The number of hydrogen-bond donors (Lipinski definition) is 2. The van der Waals surface area contributed by atoms with Crippen LogP contribution in [-0.2, 0) is 4.79 Å². The molecule has 2 aliphatic heterocycles. The molecule has 0 radical (unpaired) electrons. The van der Waals surface area contributed by atoms with Gasteiger partial charge in [0, 0.05) is 25.7 Å². The van der Waals surface area contributed by atoms with E-state index in [9.17, 15) is 14.7 Å². The van der Waals surface area contributed by atoms with Crippen LogP contribution in [0.25, 0.3) is 0 Å². The summed E-state index contributed by atoms with van der Waals surface area (Å²) in [5, 5.41) is 12.4. The summed E-state index contributed by atoms with van der Waals surface area (Å²) in [6, 6.07) is 0.284. The van der Waals surface area contributed by atoms with Gasteiger partial charge in [-0.15, -0.1) is 0 Å². The van der Waals surface area contributed by atoms with Gasteiger partial charge in [0.05, 0.1) is 5.92 Å². The lowest BCUT2D eigenvalue weighted by Crippen LogP contribution is -2.53. The first kappa shape index (κ1) is 20.0. The van der Waals surface area contributed by atoms with Crippen molar-refractivity contribution in [1.82, 2.24) is 15.1 Å². The molecule has 6 heteroatoms. The van der Waals surface area contributed by atoms with Crippen LogP contribution >= 0.6 is 0 Å². The van der Waals surface area contributed by atoms with Crippen molar-refractivity contribution in [1.29, 1.82) is 0 Å². The summed E-state index contributed by atoms with van der Waals surface area (Å²) >= 11 is 0. The molecule has 3 atom stereocenters. The first-order valence-electron chi connectivity index (χ1n) is 9.95. The Balaban J connectivity index is 1.94. The zero-order chi connectivity index (χ0) is 18.4. The molecule has 2 fully saturated rings. The van der Waals surface area contributed by atoms with E-state index in [4.69, 9.17) is 0 Å². The normalized spacial score (nSPS) is 26.0. The lowest BCUT2D eigenvalue weighted by molar-refractivity contribution is -0.143. The Kier molecular flexibility index (Phi) is 7.54. The number of carboxylic acids is 1. The lowest BCUT2D eigenvalue weighted by atomic mass is 9.90. The average Bonchev–Trinajstić information content (AvgIpc) is 3.11. The molecule has 2 amide bonds. The van der Waals surface area contributed by atoms with Gasteiger partial charge >= 0.3 is 12.0 Å². The maximum atomic E-state index is 12.6. The number of likely N-dealkylation sites (tertiary alicyclic amines) is 2. The number of nitrogens with zero attached hydrogens (tertiary/aromatic N) is 2. The monoisotopic (exact) mass is 353 g/mol. The fourth-order valence-corrected chi connectivity index (χ4v) is 4.50. The minimum atomic E-state index is -0.795. The Morgan fingerprint density at radius 2 is 1.80 bits per heavy atom. The Morgan fingerprint density at radius 1 is 1.16 bits per heavy atom. The Bertz CT molecular complexity index is 445. The molecule has 0 aliphatic carbocycles. The number of carbonyl (C=O) groups is 2. The van der Waals surface area contributed by atoms with E-state index < -0.39 is 11.9 Å². The molecule has 2 rings (SSSR count). The van der Waals surface area contributed by atoms with Crippen LogP contribution in [0.5, 0.6) is 0 Å². The Hall–Kier alpha value is -1.30. The van der Waals surface area contributed by atoms with Crippen LogP contribution in [-0.4, -0.2) is 65.7 Å². The van der Waals surface area contributed by atoms with Gasteiger partial charge in [0.25, 0.3) is 0 Å². The highest BCUT2D eigenvalue weighted by Crippen LogP contribution is 2.24. The molecule has 2 saturated heterocycles. The van der Waals surface area contributed by atoms with Crippen molar-refractivity contribution in [3.05, 3.63) is 0 Å². The second kappa shape index (κ2) is 9.41. The second-order valence-electron chi connectivity index (χ2n) is 7.85. The number of rotatable bonds is 7. The smallest absolute Gasteiger partial charge is 0.317 e. The van der Waals surface area contributed by atoms with Crippen LogP contribution in [0, 0.1) is 17.8 Å². The summed E-state index contributed by atoms with van der Waals surface area (Å²) in [6.45, 7) is 10.4. The summed E-state index contributed by atoms with van der Waals surface area (Å²) < 4.78 is 0. The van der Waals surface area contributed by atoms with E-state index >= 15 is 0 Å². The van der Waals surface area contributed by atoms with Crippen LogP contribution in [0.15, 0.2) is 0 Å². The molecule has 0 aromatic rings. The number of urea groups is 1. The fourth-order valence-electron chi connectivity index (χ4n) is 4.50. The van der Waals surface area contributed by atoms with Crippen molar-refractivity contribution >= 4 is 12.0 Å². The highest BCUT2D eigenvalue weighted by molar-refractivity contribution is 5.76. The maximum absolute atomic E-state index is 12.6. The Labute approximate surface area is 151 Å². The van der Waals surface area contributed by atoms with Crippen molar-refractivity contribution in [2.75, 3.05) is 32.7 Å². The highest BCUT2D eigenvalue weighted by atomic mass is 16.4. The number of carbonyl (C=O) groups excluding carboxylic acids is 1. The third-order valence-electron chi connectivity index (χ3n) is 5.96. The van der Waals surface area contributed by atoms with Gasteiger partial charge in [-0.1, -0.05) is 33.6 Å². The van der Waals surface area contributed by atoms with Crippen LogP contribution in [0.2, 0.25) is 0 Å². The maximum Gasteiger partial charge on any atom is 0.317 e. The molecule has 0 saturated carbocycles. The first-order chi connectivity index (χ1) is 12.0. The molecule has 3 unspecified atom stereocenters. The molecule has 144 valence electrons. The molecule has 0 spiro atoms. The van der Waals surface area contributed by atoms with Crippen LogP contribution in [0.4, 0.5) is 4.79 Å². The highest BCUT2D eigenvalue weighted by Gasteiger charge is 2.33. The molecule has 2 N–H and O–H groups in total. The molecule has 0 aromatic heterocycles. The minimum absolute atomic E-state index is 0.104. The molecule has 25 heavy (non-hydrogen) atoms. The zero-order valence-corrected chi connectivity index (χ0v) is 16.0. The number of nitrogens with one attached hydrogen (secondary N) is 1. The van der Waals surface area contributed by atoms with Crippen LogP contribution in [0.3, 0.4) is 0 Å². The SMILES string of the molecule is CCC(CC)C(CNC(=O)N1CC(C)CC(C(=O)O)C1)N1CCCC1. The summed E-state index contributed by atoms with van der Waals surface area (Å²) in [4.78, 5) is 28.2. The largest absolute Gasteiger partial charge is 0.481 e. The predicted molar refractivity (Wildman–Crippen MR) is 98.5 cm³/mol. The molecular formula is C19H35N3O3. The van der Waals surface area contributed by atoms with Gasteiger partial charge in [0.1, 0.15) is 0 Å². The van der Waals surface area contributed by atoms with Gasteiger partial charge in [0.15, 0.2) is 0 Å². The number of aliphatic carboxylic acids is 1. The van der Waals surface area contributed by atoms with E-state index in [1.165, 1.54) is 12.8 Å². The standard InChI is InChI=1S/C19H35N3O3/c1-4-15(5-2)17(21-8-6-7-9-21)11-20-19(25)22-12-14(3)10-16(13-22)18(23)24/h14-17H,4-13H2,1-3H3,(H,20,25)(H,23,24). The average molecular weight is 354 g/mol. The number of carboxylic acid groups (broad SMARTS) is 1. The van der Waals surface area contributed by atoms with E-state index in [-0.39, 0.29) is 11.9 Å². The number of hydrogen-bond acceptors (Lipinski definition) is 3. The summed E-state index contributed by atoms with van der Waals surface area (Å²) in [6.07, 6.45) is 5.39. The topological polar surface area (TPSA) is 72.9 Å². The molecular weight excluding hydrogens is 318 g/mol. The summed E-state index contributed by atoms with van der Waals surface area (Å²) in [7, 11) is 0. The van der Waals surface area contributed by atoms with E-state index in [0.29, 0.717) is 38.0 Å². The van der Waals surface area contributed by atoms with Gasteiger partial charge < -0.3 is 15.3 Å². The lowest BCUT2D eigenvalue weighted by Gasteiger charge is -2.37. The summed E-state index contributed by atoms with van der Waals surface area (Å²) in [5.74, 6) is -0.418. The van der Waals surface area contributed by atoms with E-state index in [2.05, 4.69) is 24.1 Å². The van der Waals surface area contributed by atoms with Crippen molar-refractivity contribution in [3.8, 4) is 0 Å². The van der Waals surface area contributed by atoms with Crippen molar-refractivity contribution in [2.24, 2.45) is 17.8 Å². The minimum Gasteiger partial charge on any atom is -0.481 e. The molecule has 6 nitrogen and oxygen atoms in total. The zero-order valence-electron chi connectivity index (χ0n) is 16.0. The van der Waals surface area contributed by atoms with Crippen molar-refractivity contribution in [2.45, 2.75) is 58.9 Å². The third kappa shape index (κ3) is 5.33. The van der Waals surface area contributed by atoms with Crippen molar-refractivity contribution in [3.63, 3.8) is 0 Å². The van der Waals surface area contributed by atoms with Gasteiger partial charge in [-0.3, -0.25) is 9.69 Å². The molecule has 0 aromatic carbocycles. The van der Waals surface area contributed by atoms with Gasteiger partial charge in [-0.05, 0) is 44.2 Å². The molecule has 2 aliphatic rings.